The number of ether oxygens (including phenoxy) is 1. The highest BCUT2D eigenvalue weighted by Crippen LogP contribution is 2.21. The van der Waals surface area contributed by atoms with Crippen LogP contribution >= 0.6 is 11.6 Å². The first-order chi connectivity index (χ1) is 14.9. The first-order valence-corrected chi connectivity index (χ1v) is 12.0. The van der Waals surface area contributed by atoms with E-state index in [1.807, 2.05) is 36.4 Å². The molecule has 1 heterocycles. The van der Waals surface area contributed by atoms with Gasteiger partial charge in [0.25, 0.3) is 0 Å². The summed E-state index contributed by atoms with van der Waals surface area (Å²) in [6.07, 6.45) is 0. The van der Waals surface area contributed by atoms with Crippen molar-refractivity contribution in [1.29, 1.82) is 0 Å². The van der Waals surface area contributed by atoms with Crippen LogP contribution in [0.3, 0.4) is 0 Å². The average Bonchev–Trinajstić information content (AvgIpc) is 2.79. The monoisotopic (exact) mass is 466 g/mol. The summed E-state index contributed by atoms with van der Waals surface area (Å²) in [5, 5.41) is 5.93. The fourth-order valence-corrected chi connectivity index (χ4v) is 4.75. The van der Waals surface area contributed by atoms with E-state index >= 15 is 0 Å². The molecule has 168 valence electrons. The number of carbonyl (C=O) groups excluding carboxylic acids is 1. The van der Waals surface area contributed by atoms with Crippen LogP contribution in [0.2, 0.25) is 5.02 Å². The minimum Gasteiger partial charge on any atom is -0.497 e. The van der Waals surface area contributed by atoms with Gasteiger partial charge in [-0.3, -0.25) is 0 Å². The van der Waals surface area contributed by atoms with Crippen molar-refractivity contribution >= 4 is 33.3 Å². The lowest BCUT2D eigenvalue weighted by molar-refractivity contribution is 0.241. The summed E-state index contributed by atoms with van der Waals surface area (Å²) in [4.78, 5) is 14.1. The molecule has 0 atom stereocenters. The third kappa shape index (κ3) is 6.75. The topological polar surface area (TPSA) is 91.0 Å². The second kappa shape index (κ2) is 10.7. The fraction of sp³-hybridized carbons (Fsp3) is 0.381. The molecule has 2 amide bonds. The predicted octanol–water partition coefficient (Wildman–Crippen LogP) is 2.30. The smallest absolute Gasteiger partial charge is 0.315 e. The molecular weight excluding hydrogens is 440 g/mol. The Labute approximate surface area is 188 Å². The van der Waals surface area contributed by atoms with Crippen molar-refractivity contribution in [2.45, 2.75) is 6.54 Å². The number of hydrogen-bond acceptors (Lipinski definition) is 5. The van der Waals surface area contributed by atoms with Gasteiger partial charge in [0.2, 0.25) is 10.0 Å². The first kappa shape index (κ1) is 23.2. The van der Waals surface area contributed by atoms with Crippen LogP contribution in [0.15, 0.2) is 48.5 Å². The third-order valence-corrected chi connectivity index (χ3v) is 7.21. The van der Waals surface area contributed by atoms with Crippen molar-refractivity contribution in [3.8, 4) is 5.75 Å². The highest BCUT2D eigenvalue weighted by atomic mass is 35.5. The van der Waals surface area contributed by atoms with E-state index in [0.29, 0.717) is 37.7 Å². The SMILES string of the molecule is COc1ccc(N2CCN(S(=O)(=O)CCNC(=O)NCc3ccc(Cl)cc3)CC2)cc1. The van der Waals surface area contributed by atoms with Gasteiger partial charge < -0.3 is 20.3 Å². The molecule has 31 heavy (non-hydrogen) atoms. The maximum atomic E-state index is 12.6. The molecule has 0 bridgehead atoms. The second-order valence-electron chi connectivity index (χ2n) is 7.14. The predicted molar refractivity (Wildman–Crippen MR) is 122 cm³/mol. The number of methoxy groups -OCH3 is 1. The molecule has 0 saturated carbocycles. The van der Waals surface area contributed by atoms with Gasteiger partial charge in [-0.15, -0.1) is 0 Å². The number of urea groups is 1. The van der Waals surface area contributed by atoms with Gasteiger partial charge in [-0.1, -0.05) is 23.7 Å². The Morgan fingerprint density at radius 1 is 1.00 bits per heavy atom. The Morgan fingerprint density at radius 2 is 1.65 bits per heavy atom. The summed E-state index contributed by atoms with van der Waals surface area (Å²) in [7, 11) is -1.82. The fourth-order valence-electron chi connectivity index (χ4n) is 3.29. The maximum Gasteiger partial charge on any atom is 0.315 e. The normalized spacial score (nSPS) is 14.8. The number of carbonyl (C=O) groups is 1. The first-order valence-electron chi connectivity index (χ1n) is 10.0. The van der Waals surface area contributed by atoms with Crippen molar-refractivity contribution in [3.05, 3.63) is 59.1 Å². The van der Waals surface area contributed by atoms with Crippen molar-refractivity contribution in [2.75, 3.05) is 50.5 Å². The summed E-state index contributed by atoms with van der Waals surface area (Å²) in [5.74, 6) is 0.652. The van der Waals surface area contributed by atoms with Crippen molar-refractivity contribution in [2.24, 2.45) is 0 Å². The standard InChI is InChI=1S/C21H27ClN4O4S/c1-30-20-8-6-19(7-9-20)25-11-13-26(14-12-25)31(28,29)15-10-23-21(27)24-16-17-2-4-18(22)5-3-17/h2-9H,10-16H2,1H3,(H2,23,24,27). The van der Waals surface area contributed by atoms with E-state index in [-0.39, 0.29) is 12.3 Å². The molecule has 1 aliphatic heterocycles. The quantitative estimate of drug-likeness (QED) is 0.623. The van der Waals surface area contributed by atoms with E-state index < -0.39 is 16.1 Å². The van der Waals surface area contributed by atoms with Gasteiger partial charge in [0.05, 0.1) is 12.9 Å². The Morgan fingerprint density at radius 3 is 2.26 bits per heavy atom. The highest BCUT2D eigenvalue weighted by Gasteiger charge is 2.26. The number of piperazine rings is 1. The highest BCUT2D eigenvalue weighted by molar-refractivity contribution is 7.89. The molecule has 2 N–H and O–H groups in total. The molecule has 3 rings (SSSR count). The summed E-state index contributed by atoms with van der Waals surface area (Å²) >= 11 is 5.83. The number of halogens is 1. The molecule has 0 aromatic heterocycles. The molecule has 0 spiro atoms. The molecule has 1 aliphatic rings. The third-order valence-electron chi connectivity index (χ3n) is 5.08. The number of anilines is 1. The van der Waals surface area contributed by atoms with Crippen LogP contribution in [0.5, 0.6) is 5.75 Å². The molecule has 0 aliphatic carbocycles. The Balaban J connectivity index is 1.39. The van der Waals surface area contributed by atoms with Gasteiger partial charge in [-0.2, -0.15) is 4.31 Å². The van der Waals surface area contributed by atoms with E-state index in [0.717, 1.165) is 17.0 Å². The Bertz CT molecular complexity index is 960. The van der Waals surface area contributed by atoms with Crippen LogP contribution in [0.25, 0.3) is 0 Å². The molecule has 1 saturated heterocycles. The van der Waals surface area contributed by atoms with Gasteiger partial charge >= 0.3 is 6.03 Å². The summed E-state index contributed by atoms with van der Waals surface area (Å²) < 4.78 is 31.9. The van der Waals surface area contributed by atoms with Gasteiger partial charge in [-0.05, 0) is 42.0 Å². The van der Waals surface area contributed by atoms with Crippen LogP contribution in [-0.4, -0.2) is 64.3 Å². The second-order valence-corrected chi connectivity index (χ2v) is 9.66. The molecule has 2 aromatic carbocycles. The number of sulfonamides is 1. The van der Waals surface area contributed by atoms with Gasteiger partial charge in [-0.25, -0.2) is 13.2 Å². The lowest BCUT2D eigenvalue weighted by Crippen LogP contribution is -2.50. The van der Waals surface area contributed by atoms with Crippen LogP contribution in [0.4, 0.5) is 10.5 Å². The van der Waals surface area contributed by atoms with Crippen LogP contribution in [-0.2, 0) is 16.6 Å². The van der Waals surface area contributed by atoms with E-state index in [1.165, 1.54) is 4.31 Å². The van der Waals surface area contributed by atoms with Gasteiger partial charge in [0, 0.05) is 50.0 Å². The lowest BCUT2D eigenvalue weighted by Gasteiger charge is -2.35. The molecule has 1 fully saturated rings. The summed E-state index contributed by atoms with van der Waals surface area (Å²) in [5.41, 5.74) is 1.94. The zero-order valence-corrected chi connectivity index (χ0v) is 19.0. The molecule has 8 nitrogen and oxygen atoms in total. The number of nitrogens with zero attached hydrogens (tertiary/aromatic N) is 2. The van der Waals surface area contributed by atoms with E-state index in [2.05, 4.69) is 15.5 Å². The largest absolute Gasteiger partial charge is 0.497 e. The van der Waals surface area contributed by atoms with Gasteiger partial charge in [0.1, 0.15) is 5.75 Å². The Kier molecular flexibility index (Phi) is 8.00. The minimum absolute atomic E-state index is 0.0491. The van der Waals surface area contributed by atoms with E-state index in [9.17, 15) is 13.2 Å². The number of benzene rings is 2. The zero-order valence-electron chi connectivity index (χ0n) is 17.4. The molecule has 0 radical (unpaired) electrons. The van der Waals surface area contributed by atoms with Crippen molar-refractivity contribution in [1.82, 2.24) is 14.9 Å². The zero-order chi connectivity index (χ0) is 22.3. The Hall–Kier alpha value is -2.49. The average molecular weight is 467 g/mol. The van der Waals surface area contributed by atoms with Crippen molar-refractivity contribution < 1.29 is 17.9 Å². The molecule has 2 aromatic rings. The molecule has 0 unspecified atom stereocenters. The van der Waals surface area contributed by atoms with Crippen molar-refractivity contribution in [3.63, 3.8) is 0 Å². The number of hydrogen-bond donors (Lipinski definition) is 2. The molecule has 10 heteroatoms. The van der Waals surface area contributed by atoms with E-state index in [1.54, 1.807) is 19.2 Å². The maximum absolute atomic E-state index is 12.6. The van der Waals surface area contributed by atoms with Gasteiger partial charge in [0.15, 0.2) is 0 Å². The minimum atomic E-state index is -3.44. The number of nitrogens with one attached hydrogen (secondary N) is 2. The number of amides is 2. The lowest BCUT2D eigenvalue weighted by atomic mass is 10.2. The molecular formula is C21H27ClN4O4S. The van der Waals surface area contributed by atoms with Crippen LogP contribution < -0.4 is 20.3 Å². The van der Waals surface area contributed by atoms with Crippen LogP contribution in [0.1, 0.15) is 5.56 Å². The van der Waals surface area contributed by atoms with Crippen LogP contribution in [0, 0.1) is 0 Å². The summed E-state index contributed by atoms with van der Waals surface area (Å²) in [6.45, 7) is 2.44. The summed E-state index contributed by atoms with van der Waals surface area (Å²) in [6, 6.07) is 14.4. The number of rotatable bonds is 8. The van der Waals surface area contributed by atoms with E-state index in [4.69, 9.17) is 16.3 Å².